The van der Waals surface area contributed by atoms with E-state index in [0.29, 0.717) is 76.6 Å². The average Bonchev–Trinajstić information content (AvgIpc) is 3.39. The standard InChI is InChI=1S/C26H28ClN3O6/c27-18-14-17(6-7-19(18)30-26(32)29-16-4-1-2-5-16)36-21-8-9-28-20-15-22(33-11-3-10-31)24-25(23(20)21)35-13-12-34-24/h6-9,14-16,31H,1-5,10-13H2,(H2,29,30,32). The topological polar surface area (TPSA) is 111 Å². The lowest BCUT2D eigenvalue weighted by atomic mass is 10.1. The van der Waals surface area contributed by atoms with E-state index < -0.39 is 0 Å². The molecule has 0 unspecified atom stereocenters. The van der Waals surface area contributed by atoms with E-state index in [4.69, 9.17) is 35.7 Å². The van der Waals surface area contributed by atoms with Crippen LogP contribution in [0.5, 0.6) is 28.7 Å². The molecule has 36 heavy (non-hydrogen) atoms. The molecule has 0 radical (unpaired) electrons. The number of nitrogens with one attached hydrogen (secondary N) is 2. The molecule has 10 heteroatoms. The maximum Gasteiger partial charge on any atom is 0.319 e. The van der Waals surface area contributed by atoms with E-state index in [1.54, 1.807) is 36.5 Å². The van der Waals surface area contributed by atoms with Gasteiger partial charge < -0.3 is 34.7 Å². The van der Waals surface area contributed by atoms with Gasteiger partial charge in [0.05, 0.1) is 28.2 Å². The van der Waals surface area contributed by atoms with Crippen molar-refractivity contribution in [2.45, 2.75) is 38.1 Å². The maximum absolute atomic E-state index is 12.3. The SMILES string of the molecule is O=C(Nc1ccc(Oc2ccnc3cc(OCCCO)c4c(c23)OCCO4)cc1Cl)NC1CCCC1. The molecule has 1 aliphatic heterocycles. The molecule has 1 fully saturated rings. The zero-order valence-corrected chi connectivity index (χ0v) is 20.5. The summed E-state index contributed by atoms with van der Waals surface area (Å²) in [5.74, 6) is 2.48. The summed E-state index contributed by atoms with van der Waals surface area (Å²) < 4.78 is 23.8. The van der Waals surface area contributed by atoms with E-state index in [9.17, 15) is 4.79 Å². The second kappa shape index (κ2) is 11.1. The number of urea groups is 1. The number of amides is 2. The van der Waals surface area contributed by atoms with Crippen LogP contribution in [0.15, 0.2) is 36.5 Å². The molecule has 2 aliphatic rings. The van der Waals surface area contributed by atoms with Crippen molar-refractivity contribution < 1.29 is 28.8 Å². The summed E-state index contributed by atoms with van der Waals surface area (Å²) in [5, 5.41) is 15.9. The van der Waals surface area contributed by atoms with Gasteiger partial charge in [-0.05, 0) is 31.0 Å². The van der Waals surface area contributed by atoms with Crippen molar-refractivity contribution in [3.63, 3.8) is 0 Å². The number of ether oxygens (including phenoxy) is 4. The van der Waals surface area contributed by atoms with Crippen LogP contribution in [0.2, 0.25) is 5.02 Å². The molecule has 1 aromatic heterocycles. The van der Waals surface area contributed by atoms with E-state index in [1.165, 1.54) is 0 Å². The van der Waals surface area contributed by atoms with Crippen molar-refractivity contribution in [2.75, 3.05) is 31.7 Å². The van der Waals surface area contributed by atoms with Crippen molar-refractivity contribution in [3.05, 3.63) is 41.6 Å². The van der Waals surface area contributed by atoms with Crippen molar-refractivity contribution in [1.29, 1.82) is 0 Å². The van der Waals surface area contributed by atoms with Crippen LogP contribution in [-0.4, -0.2) is 48.6 Å². The second-order valence-electron chi connectivity index (χ2n) is 8.68. The van der Waals surface area contributed by atoms with Gasteiger partial charge in [0.25, 0.3) is 0 Å². The number of rotatable bonds is 8. The number of hydrogen-bond donors (Lipinski definition) is 3. The molecule has 3 N–H and O–H groups in total. The first-order valence-corrected chi connectivity index (χ1v) is 12.5. The Labute approximate surface area is 213 Å². The van der Waals surface area contributed by atoms with Gasteiger partial charge in [0.15, 0.2) is 11.5 Å². The molecule has 0 saturated heterocycles. The van der Waals surface area contributed by atoms with E-state index in [2.05, 4.69) is 15.6 Å². The van der Waals surface area contributed by atoms with Gasteiger partial charge in [0, 0.05) is 37.4 Å². The molecule has 3 aromatic rings. The largest absolute Gasteiger partial charge is 0.489 e. The number of benzene rings is 2. The Morgan fingerprint density at radius 1 is 1.11 bits per heavy atom. The third-order valence-electron chi connectivity index (χ3n) is 6.11. The van der Waals surface area contributed by atoms with Gasteiger partial charge in [0.1, 0.15) is 24.7 Å². The number of carbonyl (C=O) groups excluding carboxylic acids is 1. The highest BCUT2D eigenvalue weighted by Gasteiger charge is 2.25. The molecule has 1 aliphatic carbocycles. The zero-order chi connectivity index (χ0) is 24.9. The van der Waals surface area contributed by atoms with Crippen molar-refractivity contribution >= 4 is 34.2 Å². The Hall–Kier alpha value is -3.43. The maximum atomic E-state index is 12.3. The van der Waals surface area contributed by atoms with E-state index in [0.717, 1.165) is 25.7 Å². The van der Waals surface area contributed by atoms with Gasteiger partial charge in [-0.15, -0.1) is 0 Å². The van der Waals surface area contributed by atoms with E-state index >= 15 is 0 Å². The summed E-state index contributed by atoms with van der Waals surface area (Å²) >= 11 is 6.46. The Bertz CT molecular complexity index is 1250. The van der Waals surface area contributed by atoms with Crippen LogP contribution >= 0.6 is 11.6 Å². The minimum atomic E-state index is -0.265. The minimum absolute atomic E-state index is 0.0332. The summed E-state index contributed by atoms with van der Waals surface area (Å²) in [6.45, 7) is 1.15. The number of anilines is 1. The Morgan fingerprint density at radius 2 is 1.92 bits per heavy atom. The molecule has 0 spiro atoms. The van der Waals surface area contributed by atoms with Crippen LogP contribution in [-0.2, 0) is 0 Å². The molecular formula is C26H28ClN3O6. The molecule has 2 heterocycles. The molecular weight excluding hydrogens is 486 g/mol. The first kappa shape index (κ1) is 24.3. The van der Waals surface area contributed by atoms with Crippen LogP contribution in [0.4, 0.5) is 10.5 Å². The fraction of sp³-hybridized carbons (Fsp3) is 0.385. The van der Waals surface area contributed by atoms with E-state index in [-0.39, 0.29) is 18.7 Å². The van der Waals surface area contributed by atoms with E-state index in [1.807, 2.05) is 0 Å². The van der Waals surface area contributed by atoms with Gasteiger partial charge >= 0.3 is 6.03 Å². The molecule has 190 valence electrons. The smallest absolute Gasteiger partial charge is 0.319 e. The Balaban J connectivity index is 1.38. The number of fused-ring (bicyclic) bond motifs is 3. The molecule has 0 bridgehead atoms. The molecule has 0 atom stereocenters. The van der Waals surface area contributed by atoms with Crippen LogP contribution < -0.4 is 29.6 Å². The molecule has 2 amide bonds. The lowest BCUT2D eigenvalue weighted by Gasteiger charge is -2.23. The number of aliphatic hydroxyl groups excluding tert-OH is 1. The van der Waals surface area contributed by atoms with Crippen LogP contribution in [0, 0.1) is 0 Å². The Kier molecular flexibility index (Phi) is 7.48. The number of aliphatic hydroxyl groups is 1. The summed E-state index contributed by atoms with van der Waals surface area (Å²) in [5.41, 5.74) is 1.11. The Morgan fingerprint density at radius 3 is 2.69 bits per heavy atom. The van der Waals surface area contributed by atoms with Gasteiger partial charge in [-0.1, -0.05) is 24.4 Å². The van der Waals surface area contributed by atoms with Crippen LogP contribution in [0.3, 0.4) is 0 Å². The monoisotopic (exact) mass is 513 g/mol. The van der Waals surface area contributed by atoms with Crippen molar-refractivity contribution in [2.24, 2.45) is 0 Å². The second-order valence-corrected chi connectivity index (χ2v) is 9.09. The fourth-order valence-electron chi connectivity index (χ4n) is 4.41. The van der Waals surface area contributed by atoms with Gasteiger partial charge in [0.2, 0.25) is 5.75 Å². The fourth-order valence-corrected chi connectivity index (χ4v) is 4.63. The molecule has 1 saturated carbocycles. The third-order valence-corrected chi connectivity index (χ3v) is 6.42. The highest BCUT2D eigenvalue weighted by Crippen LogP contribution is 2.48. The number of hydrogen-bond acceptors (Lipinski definition) is 7. The molecule has 2 aromatic carbocycles. The van der Waals surface area contributed by atoms with Gasteiger partial charge in [-0.2, -0.15) is 0 Å². The predicted molar refractivity (Wildman–Crippen MR) is 136 cm³/mol. The molecule has 5 rings (SSSR count). The summed E-state index contributed by atoms with van der Waals surface area (Å²) in [6, 6.07) is 8.55. The van der Waals surface area contributed by atoms with Crippen LogP contribution in [0.25, 0.3) is 10.9 Å². The van der Waals surface area contributed by atoms with Crippen LogP contribution in [0.1, 0.15) is 32.1 Å². The van der Waals surface area contributed by atoms with Crippen molar-refractivity contribution in [1.82, 2.24) is 10.3 Å². The first-order chi connectivity index (χ1) is 17.6. The predicted octanol–water partition coefficient (Wildman–Crippen LogP) is 5.28. The highest BCUT2D eigenvalue weighted by molar-refractivity contribution is 6.33. The summed E-state index contributed by atoms with van der Waals surface area (Å²) in [7, 11) is 0. The number of halogens is 1. The minimum Gasteiger partial charge on any atom is -0.489 e. The zero-order valence-electron chi connectivity index (χ0n) is 19.7. The summed E-state index contributed by atoms with van der Waals surface area (Å²) in [6.07, 6.45) is 6.42. The lowest BCUT2D eigenvalue weighted by molar-refractivity contribution is 0.161. The number of aromatic nitrogens is 1. The van der Waals surface area contributed by atoms with Gasteiger partial charge in [-0.3, -0.25) is 4.98 Å². The number of pyridine rings is 1. The third kappa shape index (κ3) is 5.37. The van der Waals surface area contributed by atoms with Gasteiger partial charge in [-0.25, -0.2) is 4.79 Å². The average molecular weight is 514 g/mol. The first-order valence-electron chi connectivity index (χ1n) is 12.1. The normalized spacial score (nSPS) is 15.1. The lowest BCUT2D eigenvalue weighted by Crippen LogP contribution is -2.36. The number of nitrogens with zero attached hydrogens (tertiary/aromatic N) is 1. The highest BCUT2D eigenvalue weighted by atomic mass is 35.5. The quantitative estimate of drug-likeness (QED) is 0.351. The van der Waals surface area contributed by atoms with Crippen molar-refractivity contribution in [3.8, 4) is 28.7 Å². The number of carbonyl (C=O) groups is 1. The molecule has 9 nitrogen and oxygen atoms in total. The summed E-state index contributed by atoms with van der Waals surface area (Å²) in [4.78, 5) is 16.8.